The van der Waals surface area contributed by atoms with Gasteiger partial charge in [0.1, 0.15) is 6.04 Å². The van der Waals surface area contributed by atoms with Gasteiger partial charge in [0, 0.05) is 25.7 Å². The average molecular weight is 298 g/mol. The minimum atomic E-state index is -0.156. The summed E-state index contributed by atoms with van der Waals surface area (Å²) in [5.41, 5.74) is 0. The van der Waals surface area contributed by atoms with Gasteiger partial charge < -0.3 is 19.7 Å². The fourth-order valence-electron chi connectivity index (χ4n) is 2.81. The Balaban J connectivity index is 1.75. The molecule has 2 rings (SSSR count). The van der Waals surface area contributed by atoms with E-state index in [0.29, 0.717) is 18.8 Å². The van der Waals surface area contributed by atoms with Crippen LogP contribution in [0.4, 0.5) is 0 Å². The first-order valence-corrected chi connectivity index (χ1v) is 8.49. The maximum absolute atomic E-state index is 12.0. The zero-order valence-electron chi connectivity index (χ0n) is 13.5. The number of hydrogen-bond acceptors (Lipinski definition) is 5. The topological polar surface area (TPSA) is 50.8 Å². The molecule has 0 aromatic rings. The molecule has 2 fully saturated rings. The van der Waals surface area contributed by atoms with Crippen LogP contribution in [0.2, 0.25) is 0 Å². The fraction of sp³-hybridized carbons (Fsp3) is 0.938. The second-order valence-corrected chi connectivity index (χ2v) is 6.06. The smallest absolute Gasteiger partial charge is 0.323 e. The summed E-state index contributed by atoms with van der Waals surface area (Å²) in [5, 5.41) is 3.42. The molecule has 122 valence electrons. The Hall–Kier alpha value is -0.650. The van der Waals surface area contributed by atoms with Crippen molar-refractivity contribution in [2.75, 3.05) is 32.8 Å². The highest BCUT2D eigenvalue weighted by Gasteiger charge is 2.29. The minimum absolute atomic E-state index is 0.0995. The number of ether oxygens (including phenoxy) is 2. The van der Waals surface area contributed by atoms with E-state index in [9.17, 15) is 4.79 Å². The van der Waals surface area contributed by atoms with Crippen LogP contribution in [0.15, 0.2) is 0 Å². The molecule has 1 aliphatic heterocycles. The van der Waals surface area contributed by atoms with Crippen LogP contribution < -0.4 is 5.32 Å². The zero-order chi connectivity index (χ0) is 15.1. The molecule has 5 nitrogen and oxygen atoms in total. The van der Waals surface area contributed by atoms with Gasteiger partial charge in [-0.15, -0.1) is 0 Å². The standard InChI is InChI=1S/C16H30N2O3/c1-3-18(12-14-6-5-11-21-14)10-9-15(16(19)20-4-2)17-13-7-8-13/h13-15,17H,3-12H2,1-2H3. The predicted octanol–water partition coefficient (Wildman–Crippen LogP) is 1.56. The molecule has 2 unspecified atom stereocenters. The van der Waals surface area contributed by atoms with Crippen LogP contribution in [0.3, 0.4) is 0 Å². The number of carbonyl (C=O) groups is 1. The van der Waals surface area contributed by atoms with Crippen molar-refractivity contribution in [1.82, 2.24) is 10.2 Å². The Kier molecular flexibility index (Phi) is 6.93. The second-order valence-electron chi connectivity index (χ2n) is 6.06. The summed E-state index contributed by atoms with van der Waals surface area (Å²) in [5.74, 6) is -0.0995. The van der Waals surface area contributed by atoms with Crippen molar-refractivity contribution in [1.29, 1.82) is 0 Å². The predicted molar refractivity (Wildman–Crippen MR) is 82.3 cm³/mol. The van der Waals surface area contributed by atoms with E-state index < -0.39 is 0 Å². The van der Waals surface area contributed by atoms with E-state index in [4.69, 9.17) is 9.47 Å². The molecule has 0 amide bonds. The van der Waals surface area contributed by atoms with Gasteiger partial charge in [-0.2, -0.15) is 0 Å². The van der Waals surface area contributed by atoms with Crippen molar-refractivity contribution in [2.24, 2.45) is 0 Å². The van der Waals surface area contributed by atoms with E-state index in [-0.39, 0.29) is 12.0 Å². The number of esters is 1. The maximum Gasteiger partial charge on any atom is 0.323 e. The van der Waals surface area contributed by atoms with E-state index in [1.165, 1.54) is 19.3 Å². The molecule has 1 saturated heterocycles. The molecule has 0 aromatic carbocycles. The molecule has 1 aliphatic carbocycles. The summed E-state index contributed by atoms with van der Waals surface area (Å²) < 4.78 is 10.9. The van der Waals surface area contributed by atoms with E-state index in [2.05, 4.69) is 17.1 Å². The van der Waals surface area contributed by atoms with Crippen molar-refractivity contribution in [3.63, 3.8) is 0 Å². The SMILES string of the molecule is CCOC(=O)C(CCN(CC)CC1CCCO1)NC1CC1. The highest BCUT2D eigenvalue weighted by Crippen LogP contribution is 2.20. The molecule has 1 heterocycles. The first-order valence-electron chi connectivity index (χ1n) is 8.49. The normalized spacial score (nSPS) is 23.5. The lowest BCUT2D eigenvalue weighted by Gasteiger charge is -2.26. The largest absolute Gasteiger partial charge is 0.465 e. The Morgan fingerprint density at radius 3 is 2.76 bits per heavy atom. The summed E-state index contributed by atoms with van der Waals surface area (Å²) >= 11 is 0. The minimum Gasteiger partial charge on any atom is -0.465 e. The Morgan fingerprint density at radius 2 is 2.19 bits per heavy atom. The summed E-state index contributed by atoms with van der Waals surface area (Å²) in [7, 11) is 0. The molecule has 21 heavy (non-hydrogen) atoms. The Bertz CT molecular complexity index is 315. The van der Waals surface area contributed by atoms with E-state index in [0.717, 1.165) is 39.1 Å². The van der Waals surface area contributed by atoms with Gasteiger partial charge in [-0.3, -0.25) is 4.79 Å². The number of nitrogens with zero attached hydrogens (tertiary/aromatic N) is 1. The van der Waals surface area contributed by atoms with Crippen LogP contribution in [0, 0.1) is 0 Å². The van der Waals surface area contributed by atoms with Crippen molar-refractivity contribution in [3.8, 4) is 0 Å². The van der Waals surface area contributed by atoms with Gasteiger partial charge in [0.2, 0.25) is 0 Å². The van der Waals surface area contributed by atoms with Gasteiger partial charge in [-0.25, -0.2) is 0 Å². The third-order valence-electron chi connectivity index (χ3n) is 4.25. The quantitative estimate of drug-likeness (QED) is 0.620. The van der Waals surface area contributed by atoms with Crippen molar-refractivity contribution in [3.05, 3.63) is 0 Å². The summed E-state index contributed by atoms with van der Waals surface area (Å²) in [6.45, 7) is 8.28. The molecule has 5 heteroatoms. The van der Waals surface area contributed by atoms with Gasteiger partial charge in [0.15, 0.2) is 0 Å². The molecule has 0 aromatic heterocycles. The lowest BCUT2D eigenvalue weighted by molar-refractivity contribution is -0.146. The summed E-state index contributed by atoms with van der Waals surface area (Å²) in [6, 6.07) is 0.364. The summed E-state index contributed by atoms with van der Waals surface area (Å²) in [4.78, 5) is 14.4. The summed E-state index contributed by atoms with van der Waals surface area (Å²) in [6.07, 6.45) is 5.90. The highest BCUT2D eigenvalue weighted by molar-refractivity contribution is 5.75. The van der Waals surface area contributed by atoms with E-state index >= 15 is 0 Å². The fourth-order valence-corrected chi connectivity index (χ4v) is 2.81. The number of nitrogens with one attached hydrogen (secondary N) is 1. The molecule has 0 radical (unpaired) electrons. The number of likely N-dealkylation sites (N-methyl/N-ethyl adjacent to an activating group) is 1. The highest BCUT2D eigenvalue weighted by atomic mass is 16.5. The average Bonchev–Trinajstić information content (AvgIpc) is 3.15. The molecule has 1 N–H and O–H groups in total. The molecule has 2 atom stereocenters. The van der Waals surface area contributed by atoms with Crippen LogP contribution in [-0.2, 0) is 14.3 Å². The molecule has 2 aliphatic rings. The van der Waals surface area contributed by atoms with Gasteiger partial charge in [-0.05, 0) is 45.6 Å². The number of rotatable bonds is 10. The van der Waals surface area contributed by atoms with Gasteiger partial charge in [0.25, 0.3) is 0 Å². The first kappa shape index (κ1) is 16.7. The molecular formula is C16H30N2O3. The van der Waals surface area contributed by atoms with Crippen LogP contribution >= 0.6 is 0 Å². The molecule has 0 bridgehead atoms. The second kappa shape index (κ2) is 8.71. The van der Waals surface area contributed by atoms with Gasteiger partial charge in [-0.1, -0.05) is 6.92 Å². The van der Waals surface area contributed by atoms with E-state index in [1.807, 2.05) is 6.92 Å². The Morgan fingerprint density at radius 1 is 1.38 bits per heavy atom. The maximum atomic E-state index is 12.0. The first-order chi connectivity index (χ1) is 10.2. The van der Waals surface area contributed by atoms with Crippen LogP contribution in [0.1, 0.15) is 46.0 Å². The monoisotopic (exact) mass is 298 g/mol. The lowest BCUT2D eigenvalue weighted by atomic mass is 10.1. The van der Waals surface area contributed by atoms with Crippen molar-refractivity contribution >= 4 is 5.97 Å². The van der Waals surface area contributed by atoms with Gasteiger partial charge in [0.05, 0.1) is 12.7 Å². The lowest BCUT2D eigenvalue weighted by Crippen LogP contribution is -2.43. The molecular weight excluding hydrogens is 268 g/mol. The third-order valence-corrected chi connectivity index (χ3v) is 4.25. The van der Waals surface area contributed by atoms with E-state index in [1.54, 1.807) is 0 Å². The Labute approximate surface area is 128 Å². The van der Waals surface area contributed by atoms with Crippen LogP contribution in [-0.4, -0.2) is 61.9 Å². The zero-order valence-corrected chi connectivity index (χ0v) is 13.5. The number of carbonyl (C=O) groups excluding carboxylic acids is 1. The van der Waals surface area contributed by atoms with Gasteiger partial charge >= 0.3 is 5.97 Å². The number of hydrogen-bond donors (Lipinski definition) is 1. The molecule has 0 spiro atoms. The molecule has 1 saturated carbocycles. The van der Waals surface area contributed by atoms with Crippen molar-refractivity contribution in [2.45, 2.75) is 64.1 Å². The van der Waals surface area contributed by atoms with Crippen LogP contribution in [0.5, 0.6) is 0 Å². The van der Waals surface area contributed by atoms with Crippen molar-refractivity contribution < 1.29 is 14.3 Å². The van der Waals surface area contributed by atoms with Crippen LogP contribution in [0.25, 0.3) is 0 Å². The third kappa shape index (κ3) is 5.93.